The maximum atomic E-state index is 13.9. The van der Waals surface area contributed by atoms with Crippen molar-refractivity contribution < 1.29 is 42.9 Å². The fraction of sp³-hybridized carbons (Fsp3) is 0.367. The Bertz CT molecular complexity index is 1950. The quantitative estimate of drug-likeness (QED) is 0.166. The molecule has 14 nitrogen and oxygen atoms in total. The van der Waals surface area contributed by atoms with Crippen molar-refractivity contribution in [2.24, 2.45) is 0 Å². The largest absolute Gasteiger partial charge is 0.463 e. The van der Waals surface area contributed by atoms with E-state index in [1.165, 1.54) is 16.2 Å². The molecule has 15 heteroatoms. The van der Waals surface area contributed by atoms with Crippen LogP contribution in [-0.2, 0) is 42.9 Å². The molecule has 1 aliphatic rings. The van der Waals surface area contributed by atoms with E-state index in [0.717, 1.165) is 26.3 Å². The number of hydrogen-bond acceptors (Lipinski definition) is 12. The molecule has 2 aromatic heterocycles. The van der Waals surface area contributed by atoms with Crippen LogP contribution in [0.5, 0.6) is 0 Å². The number of para-hydroxylation sites is 1. The zero-order valence-electron chi connectivity index (χ0n) is 25.0. The van der Waals surface area contributed by atoms with E-state index in [4.69, 9.17) is 41.0 Å². The Balaban J connectivity index is 1.79. The fourth-order valence-electron chi connectivity index (χ4n) is 5.36. The van der Waals surface area contributed by atoms with Crippen LogP contribution in [0.1, 0.15) is 39.5 Å². The van der Waals surface area contributed by atoms with Crippen LogP contribution in [0.2, 0.25) is 0 Å². The molecule has 0 spiro atoms. The molecule has 0 amide bonds. The Morgan fingerprint density at radius 3 is 2.16 bits per heavy atom. The molecular weight excluding hydrogens is 608 g/mol. The molecule has 0 N–H and O–H groups in total. The maximum absolute atomic E-state index is 13.9. The maximum Gasteiger partial charge on any atom is 0.303 e. The lowest BCUT2D eigenvalue weighted by atomic mass is 9.97. The molecule has 0 aliphatic carbocycles. The minimum atomic E-state index is -1.45. The molecule has 1 aliphatic heterocycles. The molecule has 0 saturated carbocycles. The first kappa shape index (κ1) is 31.5. The van der Waals surface area contributed by atoms with Crippen LogP contribution in [0.25, 0.3) is 22.4 Å². The van der Waals surface area contributed by atoms with Crippen molar-refractivity contribution in [1.82, 2.24) is 18.7 Å². The number of rotatable bonds is 7. The SMILES string of the molecule is CC(=O)OC[C@H]1O[C@@H](n2nc3n(-c4cccc(C)c4)c(=O)c4ccccc4n3c2=S)[C@H](OC(C)=O)[C@@H](OC(C)=O)[C@@H]1OC(C)=O. The van der Waals surface area contributed by atoms with Gasteiger partial charge >= 0.3 is 23.9 Å². The van der Waals surface area contributed by atoms with E-state index in [1.54, 1.807) is 40.8 Å². The second kappa shape index (κ2) is 12.6. The number of ether oxygens (including phenoxy) is 5. The summed E-state index contributed by atoms with van der Waals surface area (Å²) in [5.74, 6) is -2.85. The highest BCUT2D eigenvalue weighted by Crippen LogP contribution is 2.35. The molecule has 45 heavy (non-hydrogen) atoms. The highest BCUT2D eigenvalue weighted by molar-refractivity contribution is 7.71. The van der Waals surface area contributed by atoms with Crippen LogP contribution in [0.4, 0.5) is 0 Å². The predicted molar refractivity (Wildman–Crippen MR) is 159 cm³/mol. The Labute approximate surface area is 261 Å². The van der Waals surface area contributed by atoms with E-state index in [1.807, 2.05) is 19.1 Å². The van der Waals surface area contributed by atoms with E-state index in [9.17, 15) is 24.0 Å². The molecule has 1 saturated heterocycles. The van der Waals surface area contributed by atoms with E-state index < -0.39 is 61.1 Å². The highest BCUT2D eigenvalue weighted by Gasteiger charge is 2.53. The third kappa shape index (κ3) is 6.21. The van der Waals surface area contributed by atoms with E-state index in [-0.39, 0.29) is 16.1 Å². The third-order valence-corrected chi connectivity index (χ3v) is 7.40. The minimum absolute atomic E-state index is 0.0310. The summed E-state index contributed by atoms with van der Waals surface area (Å²) in [6.45, 7) is 6.04. The van der Waals surface area contributed by atoms with Crippen LogP contribution in [0.15, 0.2) is 53.3 Å². The van der Waals surface area contributed by atoms with Crippen LogP contribution in [0.3, 0.4) is 0 Å². The number of esters is 4. The fourth-order valence-corrected chi connectivity index (χ4v) is 5.68. The van der Waals surface area contributed by atoms with Gasteiger partial charge in [0.15, 0.2) is 24.5 Å². The summed E-state index contributed by atoms with van der Waals surface area (Å²) in [5.41, 5.74) is 1.49. The lowest BCUT2D eigenvalue weighted by Gasteiger charge is -2.44. The van der Waals surface area contributed by atoms with Gasteiger partial charge < -0.3 is 23.7 Å². The van der Waals surface area contributed by atoms with Gasteiger partial charge in [-0.05, 0) is 49.0 Å². The Hall–Kier alpha value is -4.89. The smallest absolute Gasteiger partial charge is 0.303 e. The van der Waals surface area contributed by atoms with Crippen molar-refractivity contribution in [2.75, 3.05) is 6.61 Å². The number of hydrogen-bond donors (Lipinski definition) is 0. The topological polar surface area (TPSA) is 159 Å². The van der Waals surface area contributed by atoms with Crippen LogP contribution >= 0.6 is 12.2 Å². The second-order valence-corrected chi connectivity index (χ2v) is 10.8. The molecule has 236 valence electrons. The number of benzene rings is 2. The van der Waals surface area contributed by atoms with Gasteiger partial charge in [-0.25, -0.2) is 9.25 Å². The summed E-state index contributed by atoms with van der Waals surface area (Å²) >= 11 is 5.90. The zero-order chi connectivity index (χ0) is 32.6. The molecule has 5 atom stereocenters. The first-order valence-corrected chi connectivity index (χ1v) is 14.3. The molecule has 3 heterocycles. The first-order chi connectivity index (χ1) is 21.4. The van der Waals surface area contributed by atoms with Crippen molar-refractivity contribution in [1.29, 1.82) is 0 Å². The summed E-state index contributed by atoms with van der Waals surface area (Å²) in [4.78, 5) is 62.5. The normalized spacial score (nSPS) is 21.3. The Kier molecular flexibility index (Phi) is 8.84. The zero-order valence-corrected chi connectivity index (χ0v) is 25.8. The van der Waals surface area contributed by atoms with Crippen LogP contribution in [-0.4, -0.2) is 73.6 Å². The Morgan fingerprint density at radius 2 is 1.51 bits per heavy atom. The van der Waals surface area contributed by atoms with Gasteiger partial charge in [-0.3, -0.25) is 28.4 Å². The van der Waals surface area contributed by atoms with Crippen molar-refractivity contribution in [3.63, 3.8) is 0 Å². The van der Waals surface area contributed by atoms with Crippen molar-refractivity contribution in [2.45, 2.75) is 65.3 Å². The van der Waals surface area contributed by atoms with E-state index >= 15 is 0 Å². The summed E-state index contributed by atoms with van der Waals surface area (Å²) in [5, 5.41) is 5.06. The third-order valence-electron chi connectivity index (χ3n) is 7.03. The number of carbonyl (C=O) groups is 4. The van der Waals surface area contributed by atoms with Crippen molar-refractivity contribution in [3.8, 4) is 5.69 Å². The molecule has 0 radical (unpaired) electrons. The highest BCUT2D eigenvalue weighted by atomic mass is 32.1. The summed E-state index contributed by atoms with van der Waals surface area (Å²) in [7, 11) is 0. The predicted octanol–water partition coefficient (Wildman–Crippen LogP) is 2.73. The van der Waals surface area contributed by atoms with Crippen LogP contribution < -0.4 is 5.56 Å². The number of aromatic nitrogens is 4. The Morgan fingerprint density at radius 1 is 0.867 bits per heavy atom. The van der Waals surface area contributed by atoms with E-state index in [2.05, 4.69) is 0 Å². The summed E-state index contributed by atoms with van der Waals surface area (Å²) in [6.07, 6.45) is -6.87. The number of carbonyl (C=O) groups excluding carboxylic acids is 4. The standard InChI is InChI=1S/C30H30N4O10S/c1-15-9-8-10-20(13-15)32-27(39)21-11-6-7-12-22(21)33-29(32)31-34(30(33)45)28-26(43-19(5)38)25(42-18(4)37)24(41-17(3)36)23(44-28)14-40-16(2)35/h6-13,23-26,28H,14H2,1-5H3/t23-,24-,25+,26-,28-/m1/s1. The first-order valence-electron chi connectivity index (χ1n) is 13.9. The van der Waals surface area contributed by atoms with Gasteiger partial charge in [0.05, 0.1) is 16.6 Å². The lowest BCUT2D eigenvalue weighted by Crippen LogP contribution is -2.60. The van der Waals surface area contributed by atoms with Crippen molar-refractivity contribution >= 4 is 52.8 Å². The molecule has 1 fully saturated rings. The van der Waals surface area contributed by atoms with Gasteiger partial charge in [-0.15, -0.1) is 5.10 Å². The number of aryl methyl sites for hydroxylation is 1. The number of fused-ring (bicyclic) bond motifs is 3. The monoisotopic (exact) mass is 638 g/mol. The minimum Gasteiger partial charge on any atom is -0.463 e. The van der Waals surface area contributed by atoms with Gasteiger partial charge in [-0.1, -0.05) is 24.3 Å². The lowest BCUT2D eigenvalue weighted by molar-refractivity contribution is -0.270. The molecule has 2 aromatic carbocycles. The van der Waals surface area contributed by atoms with Gasteiger partial charge in [0.25, 0.3) is 5.56 Å². The van der Waals surface area contributed by atoms with Gasteiger partial charge in [-0.2, -0.15) is 0 Å². The average molecular weight is 639 g/mol. The molecule has 4 aromatic rings. The van der Waals surface area contributed by atoms with Gasteiger partial charge in [0, 0.05) is 27.7 Å². The number of nitrogens with zero attached hydrogens (tertiary/aromatic N) is 4. The van der Waals surface area contributed by atoms with Gasteiger partial charge in [0.2, 0.25) is 10.5 Å². The van der Waals surface area contributed by atoms with E-state index in [0.29, 0.717) is 16.6 Å². The molecule has 0 bridgehead atoms. The summed E-state index contributed by atoms with van der Waals surface area (Å²) < 4.78 is 32.4. The average Bonchev–Trinajstić information content (AvgIpc) is 3.30. The molecule has 0 unspecified atom stereocenters. The molecular formula is C30H30N4O10S. The molecule has 5 rings (SSSR count). The van der Waals surface area contributed by atoms with Gasteiger partial charge in [0.1, 0.15) is 12.7 Å². The van der Waals surface area contributed by atoms with Crippen LogP contribution in [0, 0.1) is 11.7 Å². The second-order valence-electron chi connectivity index (χ2n) is 10.4. The summed E-state index contributed by atoms with van der Waals surface area (Å²) in [6, 6.07) is 14.1. The van der Waals surface area contributed by atoms with Crippen molar-refractivity contribution in [3.05, 3.63) is 69.2 Å².